The van der Waals surface area contributed by atoms with Gasteiger partial charge in [-0.1, -0.05) is 12.1 Å². The van der Waals surface area contributed by atoms with Crippen LogP contribution in [0.3, 0.4) is 0 Å². The number of nitrogens with zero attached hydrogens (tertiary/aromatic N) is 1. The van der Waals surface area contributed by atoms with Gasteiger partial charge in [0, 0.05) is 6.54 Å². The minimum atomic E-state index is 0.141. The first-order valence-corrected chi connectivity index (χ1v) is 6.47. The molecule has 0 saturated heterocycles. The molecule has 0 saturated carbocycles. The average molecular weight is 251 g/mol. The molecule has 1 aliphatic heterocycles. The zero-order valence-corrected chi connectivity index (χ0v) is 10.8. The third-order valence-corrected chi connectivity index (χ3v) is 3.12. The molecular weight excluding hydrogens is 230 g/mol. The number of rotatable bonds is 6. The van der Waals surface area contributed by atoms with E-state index < -0.39 is 0 Å². The molecule has 18 heavy (non-hydrogen) atoms. The van der Waals surface area contributed by atoms with E-state index in [0.717, 1.165) is 37.4 Å². The van der Waals surface area contributed by atoms with Crippen LogP contribution in [0, 0.1) is 0 Å². The van der Waals surface area contributed by atoms with Crippen molar-refractivity contribution < 1.29 is 14.6 Å². The van der Waals surface area contributed by atoms with E-state index in [0.29, 0.717) is 6.61 Å². The molecule has 2 rings (SSSR count). The SMILES string of the molecule is CN(CCO)CCC[C@@H]1COc2ccccc2O1. The molecule has 1 aromatic carbocycles. The van der Waals surface area contributed by atoms with Gasteiger partial charge in [0.25, 0.3) is 0 Å². The highest BCUT2D eigenvalue weighted by atomic mass is 16.6. The summed E-state index contributed by atoms with van der Waals surface area (Å²) in [5, 5.41) is 8.81. The fourth-order valence-electron chi connectivity index (χ4n) is 2.08. The molecule has 4 nitrogen and oxygen atoms in total. The molecule has 1 N–H and O–H groups in total. The van der Waals surface area contributed by atoms with Crippen LogP contribution in [-0.2, 0) is 0 Å². The second-order valence-electron chi connectivity index (χ2n) is 4.67. The first-order valence-electron chi connectivity index (χ1n) is 6.47. The summed E-state index contributed by atoms with van der Waals surface area (Å²) in [5.74, 6) is 1.68. The number of aliphatic hydroxyl groups is 1. The number of aliphatic hydroxyl groups excluding tert-OH is 1. The van der Waals surface area contributed by atoms with Crippen molar-refractivity contribution in [1.29, 1.82) is 0 Å². The van der Waals surface area contributed by atoms with Crippen molar-refractivity contribution in [3.05, 3.63) is 24.3 Å². The quantitative estimate of drug-likeness (QED) is 0.832. The minimum absolute atomic E-state index is 0.141. The van der Waals surface area contributed by atoms with E-state index in [9.17, 15) is 0 Å². The van der Waals surface area contributed by atoms with Gasteiger partial charge in [0.05, 0.1) is 6.61 Å². The molecule has 0 bridgehead atoms. The van der Waals surface area contributed by atoms with Crippen molar-refractivity contribution in [1.82, 2.24) is 4.90 Å². The van der Waals surface area contributed by atoms with Crippen LogP contribution in [0.2, 0.25) is 0 Å². The molecular formula is C14H21NO3. The van der Waals surface area contributed by atoms with Crippen LogP contribution in [0.4, 0.5) is 0 Å². The number of hydrogen-bond acceptors (Lipinski definition) is 4. The van der Waals surface area contributed by atoms with Gasteiger partial charge >= 0.3 is 0 Å². The largest absolute Gasteiger partial charge is 0.486 e. The molecule has 100 valence electrons. The molecule has 0 unspecified atom stereocenters. The number of hydrogen-bond donors (Lipinski definition) is 1. The topological polar surface area (TPSA) is 41.9 Å². The number of benzene rings is 1. The van der Waals surface area contributed by atoms with Crippen molar-refractivity contribution in [2.45, 2.75) is 18.9 Å². The molecule has 0 aliphatic carbocycles. The molecule has 1 heterocycles. The van der Waals surface area contributed by atoms with E-state index in [1.807, 2.05) is 31.3 Å². The van der Waals surface area contributed by atoms with E-state index in [2.05, 4.69) is 4.90 Å². The predicted molar refractivity (Wildman–Crippen MR) is 70.2 cm³/mol. The van der Waals surface area contributed by atoms with Crippen molar-refractivity contribution in [3.8, 4) is 11.5 Å². The number of fused-ring (bicyclic) bond motifs is 1. The van der Waals surface area contributed by atoms with Gasteiger partial charge in [0.1, 0.15) is 12.7 Å². The van der Waals surface area contributed by atoms with Crippen LogP contribution in [0.15, 0.2) is 24.3 Å². The third kappa shape index (κ3) is 3.62. The summed E-state index contributed by atoms with van der Waals surface area (Å²) in [6, 6.07) is 7.78. The Kier molecular flexibility index (Phi) is 4.84. The van der Waals surface area contributed by atoms with E-state index >= 15 is 0 Å². The third-order valence-electron chi connectivity index (χ3n) is 3.12. The van der Waals surface area contributed by atoms with Crippen LogP contribution in [0.5, 0.6) is 11.5 Å². The van der Waals surface area contributed by atoms with Gasteiger partial charge < -0.3 is 19.5 Å². The fourth-order valence-corrected chi connectivity index (χ4v) is 2.08. The van der Waals surface area contributed by atoms with E-state index in [-0.39, 0.29) is 12.7 Å². The van der Waals surface area contributed by atoms with Gasteiger partial charge in [-0.3, -0.25) is 0 Å². The smallest absolute Gasteiger partial charge is 0.161 e. The van der Waals surface area contributed by atoms with Crippen molar-refractivity contribution in [2.75, 3.05) is 33.4 Å². The van der Waals surface area contributed by atoms with Gasteiger partial charge in [0.15, 0.2) is 11.5 Å². The lowest BCUT2D eigenvalue weighted by Gasteiger charge is -2.27. The molecule has 0 aromatic heterocycles. The van der Waals surface area contributed by atoms with E-state index in [4.69, 9.17) is 14.6 Å². The highest BCUT2D eigenvalue weighted by Gasteiger charge is 2.19. The van der Waals surface area contributed by atoms with Gasteiger partial charge in [-0.15, -0.1) is 0 Å². The summed E-state index contributed by atoms with van der Waals surface area (Å²) in [5.41, 5.74) is 0. The molecule has 0 radical (unpaired) electrons. The average Bonchev–Trinajstić information content (AvgIpc) is 2.39. The molecule has 0 fully saturated rings. The lowest BCUT2D eigenvalue weighted by Crippen LogP contribution is -2.30. The van der Waals surface area contributed by atoms with Crippen molar-refractivity contribution in [2.24, 2.45) is 0 Å². The summed E-state index contributed by atoms with van der Waals surface area (Å²) < 4.78 is 11.5. The molecule has 1 aromatic rings. The van der Waals surface area contributed by atoms with Gasteiger partial charge in [-0.2, -0.15) is 0 Å². The lowest BCUT2D eigenvalue weighted by atomic mass is 10.1. The Bertz CT molecular complexity index is 370. The van der Waals surface area contributed by atoms with Gasteiger partial charge in [0.2, 0.25) is 0 Å². The van der Waals surface area contributed by atoms with Crippen molar-refractivity contribution >= 4 is 0 Å². The van der Waals surface area contributed by atoms with E-state index in [1.54, 1.807) is 0 Å². The highest BCUT2D eigenvalue weighted by Crippen LogP contribution is 2.31. The first kappa shape index (κ1) is 13.2. The maximum Gasteiger partial charge on any atom is 0.161 e. The van der Waals surface area contributed by atoms with Crippen molar-refractivity contribution in [3.63, 3.8) is 0 Å². The Morgan fingerprint density at radius 1 is 1.28 bits per heavy atom. The van der Waals surface area contributed by atoms with E-state index in [1.165, 1.54) is 0 Å². The first-order chi connectivity index (χ1) is 8.79. The minimum Gasteiger partial charge on any atom is -0.486 e. The van der Waals surface area contributed by atoms with Gasteiger partial charge in [-0.05, 0) is 38.6 Å². The molecule has 0 spiro atoms. The second-order valence-corrected chi connectivity index (χ2v) is 4.67. The van der Waals surface area contributed by atoms with Crippen LogP contribution in [0.25, 0.3) is 0 Å². The normalized spacial score (nSPS) is 18.1. The van der Waals surface area contributed by atoms with Crippen LogP contribution in [-0.4, -0.2) is 49.5 Å². The van der Waals surface area contributed by atoms with Gasteiger partial charge in [-0.25, -0.2) is 0 Å². The Balaban J connectivity index is 1.73. The van der Waals surface area contributed by atoms with Crippen LogP contribution in [0.1, 0.15) is 12.8 Å². The zero-order chi connectivity index (χ0) is 12.8. The number of para-hydroxylation sites is 2. The maximum absolute atomic E-state index is 8.81. The summed E-state index contributed by atoms with van der Waals surface area (Å²) in [6.07, 6.45) is 2.17. The summed E-state index contributed by atoms with van der Waals surface area (Å²) in [7, 11) is 2.02. The monoisotopic (exact) mass is 251 g/mol. The Labute approximate surface area is 108 Å². The Hall–Kier alpha value is -1.26. The molecule has 4 heteroatoms. The summed E-state index contributed by atoms with van der Waals surface area (Å²) >= 11 is 0. The highest BCUT2D eigenvalue weighted by molar-refractivity contribution is 5.40. The summed E-state index contributed by atoms with van der Waals surface area (Å²) in [4.78, 5) is 2.12. The number of ether oxygens (including phenoxy) is 2. The standard InChI is InChI=1S/C14H21NO3/c1-15(9-10-16)8-4-5-12-11-17-13-6-2-3-7-14(13)18-12/h2-3,6-7,12,16H,4-5,8-11H2,1H3/t12-/m1/s1. The van der Waals surface area contributed by atoms with Crippen LogP contribution >= 0.6 is 0 Å². The zero-order valence-electron chi connectivity index (χ0n) is 10.8. The van der Waals surface area contributed by atoms with Crippen LogP contribution < -0.4 is 9.47 Å². The molecule has 1 atom stereocenters. The molecule has 0 amide bonds. The lowest BCUT2D eigenvalue weighted by molar-refractivity contribution is 0.0808. The Morgan fingerprint density at radius 3 is 2.83 bits per heavy atom. The maximum atomic E-state index is 8.81. The predicted octanol–water partition coefficient (Wildman–Crippen LogP) is 1.53. The summed E-state index contributed by atoms with van der Waals surface area (Å²) in [6.45, 7) is 2.54. The Morgan fingerprint density at radius 2 is 2.06 bits per heavy atom. The fraction of sp³-hybridized carbons (Fsp3) is 0.571. The number of likely N-dealkylation sites (N-methyl/N-ethyl adjacent to an activating group) is 1. The second kappa shape index (κ2) is 6.61. The molecule has 1 aliphatic rings.